The Hall–Kier alpha value is -1.59. The Kier molecular flexibility index (Phi) is 1.73. The second-order valence-corrected chi connectivity index (χ2v) is 2.72. The maximum absolute atomic E-state index is 12.9. The van der Waals surface area contributed by atoms with E-state index in [1.54, 1.807) is 0 Å². The molecule has 0 bridgehead atoms. The standard InChI is InChI=1S/C8H4F4N2/c9-4-2-1-3-5-6(4)14-7(13-5)8(10,11)12/h1-3H,(H,13,14). The van der Waals surface area contributed by atoms with E-state index in [4.69, 9.17) is 0 Å². The number of aromatic amines is 1. The minimum Gasteiger partial charge on any atom is -0.334 e. The number of para-hydroxylation sites is 1. The molecule has 14 heavy (non-hydrogen) atoms. The van der Waals surface area contributed by atoms with Crippen LogP contribution in [0.5, 0.6) is 0 Å². The van der Waals surface area contributed by atoms with Crippen LogP contribution in [0.3, 0.4) is 0 Å². The lowest BCUT2D eigenvalue weighted by Gasteiger charge is -1.98. The van der Waals surface area contributed by atoms with Crippen molar-refractivity contribution in [3.05, 3.63) is 29.8 Å². The highest BCUT2D eigenvalue weighted by Gasteiger charge is 2.34. The average molecular weight is 204 g/mol. The molecule has 0 fully saturated rings. The minimum absolute atomic E-state index is 0.0392. The van der Waals surface area contributed by atoms with Gasteiger partial charge < -0.3 is 4.98 Å². The molecule has 1 aromatic carbocycles. The van der Waals surface area contributed by atoms with Crippen molar-refractivity contribution in [3.63, 3.8) is 0 Å². The molecule has 0 spiro atoms. The van der Waals surface area contributed by atoms with Crippen molar-refractivity contribution < 1.29 is 17.6 Å². The van der Waals surface area contributed by atoms with Crippen LogP contribution >= 0.6 is 0 Å². The maximum atomic E-state index is 12.9. The van der Waals surface area contributed by atoms with E-state index in [1.807, 2.05) is 4.98 Å². The summed E-state index contributed by atoms with van der Waals surface area (Å²) in [5.41, 5.74) is -0.253. The largest absolute Gasteiger partial charge is 0.449 e. The van der Waals surface area contributed by atoms with Gasteiger partial charge in [0.25, 0.3) is 0 Å². The SMILES string of the molecule is Fc1cccc2[nH]c(C(F)(F)F)nc12. The van der Waals surface area contributed by atoms with Gasteiger partial charge in [-0.3, -0.25) is 0 Å². The van der Waals surface area contributed by atoms with E-state index in [0.717, 1.165) is 6.07 Å². The van der Waals surface area contributed by atoms with Crippen LogP contribution in [0.4, 0.5) is 17.6 Å². The predicted molar refractivity (Wildman–Crippen MR) is 41.1 cm³/mol. The molecule has 2 nitrogen and oxygen atoms in total. The van der Waals surface area contributed by atoms with Gasteiger partial charge in [0, 0.05) is 0 Å². The number of alkyl halides is 3. The van der Waals surface area contributed by atoms with Crippen molar-refractivity contribution >= 4 is 11.0 Å². The van der Waals surface area contributed by atoms with Gasteiger partial charge in [-0.1, -0.05) is 6.07 Å². The van der Waals surface area contributed by atoms with Crippen LogP contribution < -0.4 is 0 Å². The molecule has 2 rings (SSSR count). The van der Waals surface area contributed by atoms with Crippen LogP contribution in [0.15, 0.2) is 18.2 Å². The van der Waals surface area contributed by atoms with Gasteiger partial charge in [0.2, 0.25) is 5.82 Å². The Bertz CT molecular complexity index is 472. The zero-order chi connectivity index (χ0) is 10.3. The monoisotopic (exact) mass is 204 g/mol. The van der Waals surface area contributed by atoms with Crippen LogP contribution in [0.25, 0.3) is 11.0 Å². The number of aromatic nitrogens is 2. The van der Waals surface area contributed by atoms with Gasteiger partial charge in [-0.25, -0.2) is 9.37 Å². The fourth-order valence-corrected chi connectivity index (χ4v) is 1.13. The first kappa shape index (κ1) is 8.98. The number of fused-ring (bicyclic) bond motifs is 1. The van der Waals surface area contributed by atoms with Crippen molar-refractivity contribution in [1.29, 1.82) is 0 Å². The third-order valence-electron chi connectivity index (χ3n) is 1.73. The molecule has 0 aliphatic rings. The summed E-state index contributed by atoms with van der Waals surface area (Å²) in [6, 6.07) is 3.71. The van der Waals surface area contributed by atoms with Crippen molar-refractivity contribution in [2.45, 2.75) is 6.18 Å². The first-order chi connectivity index (χ1) is 6.48. The van der Waals surface area contributed by atoms with Crippen molar-refractivity contribution in [1.82, 2.24) is 9.97 Å². The van der Waals surface area contributed by atoms with Gasteiger partial charge in [0.1, 0.15) is 5.52 Å². The quantitative estimate of drug-likeness (QED) is 0.656. The second kappa shape index (κ2) is 2.70. The molecule has 0 saturated carbocycles. The highest BCUT2D eigenvalue weighted by molar-refractivity contribution is 5.75. The molecule has 0 aliphatic heterocycles. The summed E-state index contributed by atoms with van der Waals surface area (Å²) in [6.07, 6.45) is -4.58. The fourth-order valence-electron chi connectivity index (χ4n) is 1.13. The third kappa shape index (κ3) is 1.32. The molecule has 74 valence electrons. The van der Waals surface area contributed by atoms with Gasteiger partial charge in [0.05, 0.1) is 5.52 Å². The molecule has 0 amide bonds. The number of halogens is 4. The molecule has 6 heteroatoms. The minimum atomic E-state index is -4.58. The molecule has 0 unspecified atom stereocenters. The Labute approximate surface area is 75.6 Å². The molecular weight excluding hydrogens is 200 g/mol. The van der Waals surface area contributed by atoms with Gasteiger partial charge >= 0.3 is 6.18 Å². The summed E-state index contributed by atoms with van der Waals surface area (Å²) in [4.78, 5) is 5.13. The lowest BCUT2D eigenvalue weighted by atomic mass is 10.3. The van der Waals surface area contributed by atoms with Crippen LogP contribution in [-0.2, 0) is 6.18 Å². The smallest absolute Gasteiger partial charge is 0.334 e. The number of hydrogen-bond donors (Lipinski definition) is 1. The lowest BCUT2D eigenvalue weighted by molar-refractivity contribution is -0.144. The van der Waals surface area contributed by atoms with E-state index in [9.17, 15) is 17.6 Å². The molecule has 0 aliphatic carbocycles. The molecule has 1 heterocycles. The Morgan fingerprint density at radius 2 is 1.93 bits per heavy atom. The maximum Gasteiger partial charge on any atom is 0.449 e. The number of imidazole rings is 1. The Morgan fingerprint density at radius 3 is 2.50 bits per heavy atom. The summed E-state index contributed by atoms with van der Waals surface area (Å²) in [6.45, 7) is 0. The number of rotatable bonds is 0. The first-order valence-corrected chi connectivity index (χ1v) is 3.70. The van der Waals surface area contributed by atoms with E-state index in [2.05, 4.69) is 4.98 Å². The summed E-state index contributed by atoms with van der Waals surface area (Å²) in [5.74, 6) is -1.95. The summed E-state index contributed by atoms with van der Waals surface area (Å²) >= 11 is 0. The zero-order valence-corrected chi connectivity index (χ0v) is 6.69. The number of nitrogens with one attached hydrogen (secondary N) is 1. The Balaban J connectivity index is 2.69. The van der Waals surface area contributed by atoms with Crippen molar-refractivity contribution in [2.75, 3.05) is 0 Å². The number of H-pyrrole nitrogens is 1. The predicted octanol–water partition coefficient (Wildman–Crippen LogP) is 2.72. The number of nitrogens with zero attached hydrogens (tertiary/aromatic N) is 1. The summed E-state index contributed by atoms with van der Waals surface area (Å²) in [7, 11) is 0. The number of benzene rings is 1. The molecular formula is C8H4F4N2. The van der Waals surface area contributed by atoms with E-state index in [0.29, 0.717) is 0 Å². The topological polar surface area (TPSA) is 28.7 Å². The second-order valence-electron chi connectivity index (χ2n) is 2.72. The molecule has 1 N–H and O–H groups in total. The summed E-state index contributed by atoms with van der Waals surface area (Å²) in [5, 5.41) is 0. The van der Waals surface area contributed by atoms with Crippen LogP contribution in [0.1, 0.15) is 5.82 Å². The molecule has 1 aromatic heterocycles. The molecule has 2 aromatic rings. The lowest BCUT2D eigenvalue weighted by Crippen LogP contribution is -2.06. The fraction of sp³-hybridized carbons (Fsp3) is 0.125. The molecule has 0 saturated heterocycles. The van der Waals surface area contributed by atoms with E-state index >= 15 is 0 Å². The van der Waals surface area contributed by atoms with Gasteiger partial charge in [-0.05, 0) is 12.1 Å². The molecule has 0 atom stereocenters. The number of hydrogen-bond acceptors (Lipinski definition) is 1. The normalized spacial score (nSPS) is 12.3. The first-order valence-electron chi connectivity index (χ1n) is 3.70. The van der Waals surface area contributed by atoms with Crippen LogP contribution in [0.2, 0.25) is 0 Å². The van der Waals surface area contributed by atoms with Crippen LogP contribution in [-0.4, -0.2) is 9.97 Å². The van der Waals surface area contributed by atoms with E-state index < -0.39 is 17.8 Å². The van der Waals surface area contributed by atoms with E-state index in [1.165, 1.54) is 12.1 Å². The Morgan fingerprint density at radius 1 is 1.21 bits per heavy atom. The van der Waals surface area contributed by atoms with Crippen LogP contribution in [0, 0.1) is 5.82 Å². The average Bonchev–Trinajstić information content (AvgIpc) is 2.48. The van der Waals surface area contributed by atoms with Gasteiger partial charge in [-0.2, -0.15) is 13.2 Å². The molecule has 0 radical (unpaired) electrons. The van der Waals surface area contributed by atoms with Crippen molar-refractivity contribution in [3.8, 4) is 0 Å². The van der Waals surface area contributed by atoms with Gasteiger partial charge in [-0.15, -0.1) is 0 Å². The highest BCUT2D eigenvalue weighted by atomic mass is 19.4. The van der Waals surface area contributed by atoms with Gasteiger partial charge in [0.15, 0.2) is 5.82 Å². The van der Waals surface area contributed by atoms with E-state index in [-0.39, 0.29) is 11.0 Å². The van der Waals surface area contributed by atoms with Crippen molar-refractivity contribution in [2.24, 2.45) is 0 Å². The summed E-state index contributed by atoms with van der Waals surface area (Å²) < 4.78 is 49.4. The zero-order valence-electron chi connectivity index (χ0n) is 6.69. The third-order valence-corrected chi connectivity index (χ3v) is 1.73. The highest BCUT2D eigenvalue weighted by Crippen LogP contribution is 2.28.